The van der Waals surface area contributed by atoms with Crippen molar-refractivity contribution in [3.8, 4) is 0 Å². The minimum Gasteiger partial charge on any atom is -0.368 e. The van der Waals surface area contributed by atoms with Gasteiger partial charge >= 0.3 is 0 Å². The first-order valence-electron chi connectivity index (χ1n) is 4.22. The first-order chi connectivity index (χ1) is 6.45. The lowest BCUT2D eigenvalue weighted by Crippen LogP contribution is -2.31. The number of dihydropyridines is 1. The summed E-state index contributed by atoms with van der Waals surface area (Å²) in [6, 6.07) is 5.79. The van der Waals surface area contributed by atoms with E-state index in [1.807, 2.05) is 42.6 Å². The van der Waals surface area contributed by atoms with Gasteiger partial charge in [0.15, 0.2) is 0 Å². The zero-order valence-electron chi connectivity index (χ0n) is 7.14. The third-order valence-corrected chi connectivity index (χ3v) is 1.75. The highest BCUT2D eigenvalue weighted by molar-refractivity contribution is 5.36. The molecule has 1 atom stereocenters. The molecule has 2 rings (SSSR count). The van der Waals surface area contributed by atoms with Gasteiger partial charge in [0.05, 0.1) is 0 Å². The molecule has 0 bridgehead atoms. The number of pyridine rings is 1. The largest absolute Gasteiger partial charge is 0.368 e. The number of rotatable bonds is 2. The van der Waals surface area contributed by atoms with E-state index in [9.17, 15) is 0 Å². The van der Waals surface area contributed by atoms with Crippen LogP contribution in [0.25, 0.3) is 0 Å². The summed E-state index contributed by atoms with van der Waals surface area (Å²) in [7, 11) is 0. The summed E-state index contributed by atoms with van der Waals surface area (Å²) in [6.07, 6.45) is 9.80. The van der Waals surface area contributed by atoms with Gasteiger partial charge in [0.1, 0.15) is 12.0 Å². The van der Waals surface area contributed by atoms with E-state index in [0.29, 0.717) is 0 Å². The van der Waals surface area contributed by atoms with Crippen LogP contribution in [0.2, 0.25) is 0 Å². The van der Waals surface area contributed by atoms with E-state index in [4.69, 9.17) is 0 Å². The fraction of sp³-hybridized carbons (Fsp3) is 0.100. The van der Waals surface area contributed by atoms with Gasteiger partial charge in [-0.15, -0.1) is 0 Å². The highest BCUT2D eigenvalue weighted by Crippen LogP contribution is 2.03. The van der Waals surface area contributed by atoms with Gasteiger partial charge in [-0.2, -0.15) is 0 Å². The van der Waals surface area contributed by atoms with Gasteiger partial charge in [0.25, 0.3) is 0 Å². The molecule has 1 aliphatic heterocycles. The Labute approximate surface area is 77.2 Å². The summed E-state index contributed by atoms with van der Waals surface area (Å²) >= 11 is 0. The highest BCUT2D eigenvalue weighted by Gasteiger charge is 2.02. The second kappa shape index (κ2) is 3.76. The predicted molar refractivity (Wildman–Crippen MR) is 53.1 cm³/mol. The van der Waals surface area contributed by atoms with Gasteiger partial charge in [-0.25, -0.2) is 4.98 Å². The molecular formula is C10H11N3. The van der Waals surface area contributed by atoms with Crippen LogP contribution in [-0.4, -0.2) is 11.1 Å². The third-order valence-electron chi connectivity index (χ3n) is 1.75. The van der Waals surface area contributed by atoms with E-state index in [2.05, 4.69) is 15.6 Å². The quantitative estimate of drug-likeness (QED) is 0.711. The van der Waals surface area contributed by atoms with E-state index in [-0.39, 0.29) is 6.17 Å². The lowest BCUT2D eigenvalue weighted by molar-refractivity contribution is 0.771. The summed E-state index contributed by atoms with van der Waals surface area (Å²) in [5, 5.41) is 6.37. The summed E-state index contributed by atoms with van der Waals surface area (Å²) in [4.78, 5) is 4.16. The van der Waals surface area contributed by atoms with Crippen molar-refractivity contribution in [1.29, 1.82) is 0 Å². The Morgan fingerprint density at radius 1 is 1.31 bits per heavy atom. The molecule has 66 valence electrons. The minimum absolute atomic E-state index is 0.139. The van der Waals surface area contributed by atoms with Gasteiger partial charge in [-0.3, -0.25) is 0 Å². The van der Waals surface area contributed by atoms with Gasteiger partial charge < -0.3 is 10.6 Å². The Balaban J connectivity index is 1.99. The fourth-order valence-corrected chi connectivity index (χ4v) is 1.14. The topological polar surface area (TPSA) is 37.0 Å². The smallest absolute Gasteiger partial charge is 0.127 e. The average molecular weight is 173 g/mol. The maximum absolute atomic E-state index is 4.16. The van der Waals surface area contributed by atoms with Crippen LogP contribution in [-0.2, 0) is 0 Å². The minimum atomic E-state index is 0.139. The molecule has 0 saturated carbocycles. The summed E-state index contributed by atoms with van der Waals surface area (Å²) < 4.78 is 0. The van der Waals surface area contributed by atoms with E-state index in [1.165, 1.54) is 0 Å². The van der Waals surface area contributed by atoms with Crippen LogP contribution in [0.5, 0.6) is 0 Å². The number of anilines is 1. The monoisotopic (exact) mass is 173 g/mol. The molecule has 2 N–H and O–H groups in total. The maximum atomic E-state index is 4.16. The zero-order chi connectivity index (χ0) is 8.93. The van der Waals surface area contributed by atoms with Crippen LogP contribution in [0.4, 0.5) is 5.82 Å². The molecule has 0 aliphatic carbocycles. The van der Waals surface area contributed by atoms with E-state index in [1.54, 1.807) is 6.20 Å². The molecule has 1 aliphatic rings. The Morgan fingerprint density at radius 2 is 2.31 bits per heavy atom. The average Bonchev–Trinajstić information content (AvgIpc) is 2.21. The molecule has 13 heavy (non-hydrogen) atoms. The Kier molecular flexibility index (Phi) is 2.27. The third kappa shape index (κ3) is 2.08. The SMILES string of the molecule is C1=CNC(Nc2ccccn2)C=C1. The molecule has 1 aromatic rings. The van der Waals surface area contributed by atoms with Crippen LogP contribution in [0, 0.1) is 0 Å². The van der Waals surface area contributed by atoms with E-state index in [0.717, 1.165) is 5.82 Å². The molecular weight excluding hydrogens is 162 g/mol. The fourth-order valence-electron chi connectivity index (χ4n) is 1.14. The highest BCUT2D eigenvalue weighted by atomic mass is 15.1. The van der Waals surface area contributed by atoms with Crippen LogP contribution < -0.4 is 10.6 Å². The van der Waals surface area contributed by atoms with Crippen molar-refractivity contribution >= 4 is 5.82 Å². The molecule has 0 radical (unpaired) electrons. The number of nitrogens with one attached hydrogen (secondary N) is 2. The Morgan fingerprint density at radius 3 is 3.00 bits per heavy atom. The number of hydrogen-bond donors (Lipinski definition) is 2. The van der Waals surface area contributed by atoms with Crippen molar-refractivity contribution in [3.05, 3.63) is 48.8 Å². The summed E-state index contributed by atoms with van der Waals surface area (Å²) in [6.45, 7) is 0. The van der Waals surface area contributed by atoms with Gasteiger partial charge in [0, 0.05) is 6.20 Å². The van der Waals surface area contributed by atoms with Gasteiger partial charge in [0.2, 0.25) is 0 Å². The molecule has 0 spiro atoms. The summed E-state index contributed by atoms with van der Waals surface area (Å²) in [5.41, 5.74) is 0. The normalized spacial score (nSPS) is 19.5. The molecule has 0 fully saturated rings. The van der Waals surface area contributed by atoms with Crippen LogP contribution in [0.1, 0.15) is 0 Å². The molecule has 0 saturated heterocycles. The Bertz CT molecular complexity index is 316. The standard InChI is InChI=1S/C10H11N3/c1-3-7-11-9(5-1)13-10-6-2-4-8-12-10/h1-9,11H,(H,12,13). The van der Waals surface area contributed by atoms with Crippen LogP contribution >= 0.6 is 0 Å². The van der Waals surface area contributed by atoms with Crippen LogP contribution in [0.15, 0.2) is 48.8 Å². The van der Waals surface area contributed by atoms with Crippen molar-refractivity contribution in [3.63, 3.8) is 0 Å². The maximum Gasteiger partial charge on any atom is 0.127 e. The van der Waals surface area contributed by atoms with E-state index < -0.39 is 0 Å². The molecule has 3 nitrogen and oxygen atoms in total. The van der Waals surface area contributed by atoms with Crippen molar-refractivity contribution < 1.29 is 0 Å². The number of hydrogen-bond acceptors (Lipinski definition) is 3. The number of nitrogens with zero attached hydrogens (tertiary/aromatic N) is 1. The van der Waals surface area contributed by atoms with Gasteiger partial charge in [-0.05, 0) is 30.5 Å². The molecule has 1 unspecified atom stereocenters. The Hall–Kier alpha value is -1.77. The van der Waals surface area contributed by atoms with Crippen LogP contribution in [0.3, 0.4) is 0 Å². The van der Waals surface area contributed by atoms with Gasteiger partial charge in [-0.1, -0.05) is 12.1 Å². The van der Waals surface area contributed by atoms with Crippen molar-refractivity contribution in [1.82, 2.24) is 10.3 Å². The molecule has 0 aromatic carbocycles. The number of aromatic nitrogens is 1. The van der Waals surface area contributed by atoms with Crippen molar-refractivity contribution in [2.24, 2.45) is 0 Å². The first-order valence-corrected chi connectivity index (χ1v) is 4.22. The molecule has 0 amide bonds. The molecule has 1 aromatic heterocycles. The second-order valence-corrected chi connectivity index (χ2v) is 2.75. The predicted octanol–water partition coefficient (Wildman–Crippen LogP) is 1.49. The molecule has 2 heterocycles. The lowest BCUT2D eigenvalue weighted by Gasteiger charge is -2.17. The first kappa shape index (κ1) is 7.86. The van der Waals surface area contributed by atoms with Crippen molar-refractivity contribution in [2.75, 3.05) is 5.32 Å². The molecule has 3 heteroatoms. The zero-order valence-corrected chi connectivity index (χ0v) is 7.14. The number of allylic oxidation sites excluding steroid dienone is 2. The van der Waals surface area contributed by atoms with E-state index >= 15 is 0 Å². The lowest BCUT2D eigenvalue weighted by atomic mass is 10.3. The second-order valence-electron chi connectivity index (χ2n) is 2.75. The van der Waals surface area contributed by atoms with Crippen molar-refractivity contribution in [2.45, 2.75) is 6.17 Å². The summed E-state index contributed by atoms with van der Waals surface area (Å²) in [5.74, 6) is 0.875.